The summed E-state index contributed by atoms with van der Waals surface area (Å²) in [5.74, 6) is 1.16. The van der Waals surface area contributed by atoms with Crippen LogP contribution in [0.25, 0.3) is 10.2 Å². The molecule has 28 heavy (non-hydrogen) atoms. The molecule has 0 fully saturated rings. The number of hydrogen-bond acceptors (Lipinski definition) is 4. The maximum Gasteiger partial charge on any atom is 0.259 e. The number of aromatic amines is 1. The second-order valence-electron chi connectivity index (χ2n) is 7.45. The van der Waals surface area contributed by atoms with E-state index in [0.717, 1.165) is 35.0 Å². The van der Waals surface area contributed by atoms with Crippen molar-refractivity contribution < 1.29 is 4.79 Å². The normalized spacial score (nSPS) is 16.1. The Bertz CT molecular complexity index is 1070. The number of amides is 1. The van der Waals surface area contributed by atoms with Crippen LogP contribution in [-0.2, 0) is 30.6 Å². The van der Waals surface area contributed by atoms with Gasteiger partial charge in [0.15, 0.2) is 0 Å². The van der Waals surface area contributed by atoms with Gasteiger partial charge in [-0.1, -0.05) is 30.7 Å². The van der Waals surface area contributed by atoms with E-state index >= 15 is 0 Å². The summed E-state index contributed by atoms with van der Waals surface area (Å²) in [5, 5.41) is 4.31. The summed E-state index contributed by atoms with van der Waals surface area (Å²) >= 11 is 7.50. The van der Waals surface area contributed by atoms with Gasteiger partial charge in [0.1, 0.15) is 10.7 Å². The van der Waals surface area contributed by atoms with Gasteiger partial charge in [-0.15, -0.1) is 11.3 Å². The first kappa shape index (κ1) is 19.2. The van der Waals surface area contributed by atoms with Crippen LogP contribution in [0.3, 0.4) is 0 Å². The summed E-state index contributed by atoms with van der Waals surface area (Å²) in [6.07, 6.45) is 3.79. The van der Waals surface area contributed by atoms with Crippen molar-refractivity contribution in [1.29, 1.82) is 0 Å². The first-order chi connectivity index (χ1) is 13.5. The van der Waals surface area contributed by atoms with Crippen molar-refractivity contribution in [2.24, 2.45) is 5.92 Å². The van der Waals surface area contributed by atoms with E-state index in [1.54, 1.807) is 23.5 Å². The molecular formula is C21H22ClN3O2S. The van der Waals surface area contributed by atoms with Crippen LogP contribution >= 0.6 is 22.9 Å². The first-order valence-corrected chi connectivity index (χ1v) is 10.7. The first-order valence-electron chi connectivity index (χ1n) is 9.54. The fourth-order valence-corrected chi connectivity index (χ4v) is 5.16. The Morgan fingerprint density at radius 3 is 2.93 bits per heavy atom. The predicted octanol–water partition coefficient (Wildman–Crippen LogP) is 4.01. The molecule has 0 spiro atoms. The number of aryl methyl sites for hydroxylation is 2. The molecule has 1 amide bonds. The van der Waals surface area contributed by atoms with Gasteiger partial charge >= 0.3 is 0 Å². The van der Waals surface area contributed by atoms with Crippen LogP contribution in [0.2, 0.25) is 5.02 Å². The van der Waals surface area contributed by atoms with Crippen molar-refractivity contribution in [1.82, 2.24) is 15.3 Å². The standard InChI is InChI=1S/C21H22ClN3O2S/c1-12-2-7-15-16(10-12)28-21-19(15)20(27)24-17(25-21)8-9-18(26)23-11-13-3-5-14(22)6-4-13/h3-6,12H,2,7-11H2,1H3,(H,23,26)(H,24,25,27). The van der Waals surface area contributed by atoms with Gasteiger partial charge in [-0.05, 0) is 48.4 Å². The van der Waals surface area contributed by atoms with E-state index in [2.05, 4.69) is 22.2 Å². The third-order valence-corrected chi connectivity index (χ3v) is 6.61. The van der Waals surface area contributed by atoms with E-state index in [9.17, 15) is 9.59 Å². The molecule has 4 rings (SSSR count). The molecule has 7 heteroatoms. The molecule has 2 heterocycles. The van der Waals surface area contributed by atoms with Crippen LogP contribution in [0.5, 0.6) is 0 Å². The van der Waals surface area contributed by atoms with Gasteiger partial charge in [0.25, 0.3) is 5.56 Å². The van der Waals surface area contributed by atoms with Gasteiger partial charge < -0.3 is 10.3 Å². The van der Waals surface area contributed by atoms with E-state index in [0.29, 0.717) is 29.7 Å². The van der Waals surface area contributed by atoms with E-state index < -0.39 is 0 Å². The molecule has 0 bridgehead atoms. The lowest BCUT2D eigenvalue weighted by atomic mass is 9.89. The van der Waals surface area contributed by atoms with Crippen LogP contribution in [-0.4, -0.2) is 15.9 Å². The van der Waals surface area contributed by atoms with Crippen molar-refractivity contribution >= 4 is 39.1 Å². The Balaban J connectivity index is 1.41. The quantitative estimate of drug-likeness (QED) is 0.661. The van der Waals surface area contributed by atoms with Gasteiger partial charge in [0.05, 0.1) is 5.39 Å². The van der Waals surface area contributed by atoms with Crippen molar-refractivity contribution in [3.05, 3.63) is 61.5 Å². The topological polar surface area (TPSA) is 74.8 Å². The third kappa shape index (κ3) is 4.13. The molecule has 146 valence electrons. The molecule has 0 saturated carbocycles. The number of halogens is 1. The number of nitrogens with one attached hydrogen (secondary N) is 2. The average Bonchev–Trinajstić information content (AvgIpc) is 3.03. The largest absolute Gasteiger partial charge is 0.352 e. The van der Waals surface area contributed by atoms with Gasteiger partial charge in [0, 0.05) is 29.3 Å². The van der Waals surface area contributed by atoms with Crippen LogP contribution in [0, 0.1) is 5.92 Å². The Hall–Kier alpha value is -2.18. The zero-order valence-electron chi connectivity index (χ0n) is 15.7. The lowest BCUT2D eigenvalue weighted by Crippen LogP contribution is -2.23. The molecule has 0 saturated heterocycles. The number of thiophene rings is 1. The molecule has 1 atom stereocenters. The van der Waals surface area contributed by atoms with Crippen molar-refractivity contribution in [3.8, 4) is 0 Å². The molecule has 5 nitrogen and oxygen atoms in total. The number of carbonyl (C=O) groups is 1. The average molecular weight is 416 g/mol. The molecule has 3 aromatic rings. The summed E-state index contributed by atoms with van der Waals surface area (Å²) in [7, 11) is 0. The van der Waals surface area contributed by atoms with E-state index in [1.807, 2.05) is 12.1 Å². The number of nitrogens with zero attached hydrogens (tertiary/aromatic N) is 1. The lowest BCUT2D eigenvalue weighted by Gasteiger charge is -2.17. The third-order valence-electron chi connectivity index (χ3n) is 5.21. The zero-order chi connectivity index (χ0) is 19.7. The summed E-state index contributed by atoms with van der Waals surface area (Å²) in [6.45, 7) is 2.70. The number of carbonyl (C=O) groups excluding carboxylic acids is 1. The highest BCUT2D eigenvalue weighted by Crippen LogP contribution is 2.35. The van der Waals surface area contributed by atoms with Crippen molar-refractivity contribution in [2.75, 3.05) is 0 Å². The summed E-state index contributed by atoms with van der Waals surface area (Å²) in [4.78, 5) is 34.4. The minimum absolute atomic E-state index is 0.0722. The molecule has 1 unspecified atom stereocenters. The van der Waals surface area contributed by atoms with Crippen LogP contribution in [0.4, 0.5) is 0 Å². The Kier molecular flexibility index (Phi) is 5.51. The Morgan fingerprint density at radius 2 is 2.14 bits per heavy atom. The highest BCUT2D eigenvalue weighted by molar-refractivity contribution is 7.18. The fraction of sp³-hybridized carbons (Fsp3) is 0.381. The number of fused-ring (bicyclic) bond motifs is 3. The summed E-state index contributed by atoms with van der Waals surface area (Å²) in [6, 6.07) is 7.37. The number of hydrogen-bond donors (Lipinski definition) is 2. The molecule has 2 N–H and O–H groups in total. The minimum Gasteiger partial charge on any atom is -0.352 e. The van der Waals surface area contributed by atoms with Crippen LogP contribution in [0.1, 0.15) is 41.6 Å². The van der Waals surface area contributed by atoms with E-state index in [-0.39, 0.29) is 17.9 Å². The number of rotatable bonds is 5. The second kappa shape index (κ2) is 8.05. The van der Waals surface area contributed by atoms with Gasteiger partial charge in [-0.2, -0.15) is 0 Å². The number of aromatic nitrogens is 2. The van der Waals surface area contributed by atoms with Crippen LogP contribution in [0.15, 0.2) is 29.1 Å². The zero-order valence-corrected chi connectivity index (χ0v) is 17.3. The molecule has 1 aliphatic rings. The SMILES string of the molecule is CC1CCc2c(sc3nc(CCC(=O)NCc4ccc(Cl)cc4)[nH]c(=O)c23)C1. The lowest BCUT2D eigenvalue weighted by molar-refractivity contribution is -0.121. The molecule has 2 aromatic heterocycles. The number of H-pyrrole nitrogens is 1. The fourth-order valence-electron chi connectivity index (χ4n) is 3.63. The van der Waals surface area contributed by atoms with Crippen molar-refractivity contribution in [2.45, 2.75) is 45.6 Å². The maximum atomic E-state index is 12.6. The maximum absolute atomic E-state index is 12.6. The van der Waals surface area contributed by atoms with Crippen LogP contribution < -0.4 is 10.9 Å². The van der Waals surface area contributed by atoms with E-state index in [1.165, 1.54) is 10.4 Å². The highest BCUT2D eigenvalue weighted by Gasteiger charge is 2.23. The van der Waals surface area contributed by atoms with Gasteiger partial charge in [-0.25, -0.2) is 4.98 Å². The second-order valence-corrected chi connectivity index (χ2v) is 8.97. The highest BCUT2D eigenvalue weighted by atomic mass is 35.5. The molecule has 0 radical (unpaired) electrons. The summed E-state index contributed by atoms with van der Waals surface area (Å²) < 4.78 is 0. The van der Waals surface area contributed by atoms with Gasteiger partial charge in [0.2, 0.25) is 5.91 Å². The predicted molar refractivity (Wildman–Crippen MR) is 113 cm³/mol. The number of benzene rings is 1. The molecule has 1 aromatic carbocycles. The Labute approximate surface area is 172 Å². The molecule has 0 aliphatic heterocycles. The smallest absolute Gasteiger partial charge is 0.259 e. The van der Waals surface area contributed by atoms with E-state index in [4.69, 9.17) is 11.6 Å². The monoisotopic (exact) mass is 415 g/mol. The van der Waals surface area contributed by atoms with Gasteiger partial charge in [-0.3, -0.25) is 9.59 Å². The minimum atomic E-state index is -0.0753. The molecule has 1 aliphatic carbocycles. The molecular weight excluding hydrogens is 394 g/mol. The Morgan fingerprint density at radius 1 is 1.36 bits per heavy atom. The summed E-state index contributed by atoms with van der Waals surface area (Å²) in [5.41, 5.74) is 2.09. The van der Waals surface area contributed by atoms with Crippen molar-refractivity contribution in [3.63, 3.8) is 0 Å².